The van der Waals surface area contributed by atoms with Crippen LogP contribution in [0.15, 0.2) is 35.5 Å². The predicted molar refractivity (Wildman–Crippen MR) is 168 cm³/mol. The van der Waals surface area contributed by atoms with Crippen molar-refractivity contribution in [3.8, 4) is 0 Å². The monoisotopic (exact) mass is 630 g/mol. The SMILES string of the molecule is CCC=CC1CCCC(O)C(C)C(=O)C2=CC3C(C=C(C)C4CC(OC5OC(C)C(OC)C(OC)C5OC)CC43)C2CC(=O)O1. The first-order valence-electron chi connectivity index (χ1n) is 17.0. The van der Waals surface area contributed by atoms with E-state index in [1.54, 1.807) is 21.3 Å². The van der Waals surface area contributed by atoms with Crippen molar-refractivity contribution >= 4 is 11.8 Å². The molecule has 3 aliphatic carbocycles. The van der Waals surface area contributed by atoms with E-state index in [0.29, 0.717) is 30.8 Å². The molecule has 5 rings (SSSR count). The van der Waals surface area contributed by atoms with Crippen molar-refractivity contribution in [2.75, 3.05) is 21.3 Å². The molecule has 0 aromatic carbocycles. The summed E-state index contributed by atoms with van der Waals surface area (Å²) in [6, 6.07) is 0. The van der Waals surface area contributed by atoms with Crippen LogP contribution in [0.5, 0.6) is 0 Å². The van der Waals surface area contributed by atoms with Crippen LogP contribution in [-0.2, 0) is 38.0 Å². The topological polar surface area (TPSA) is 110 Å². The van der Waals surface area contributed by atoms with E-state index in [2.05, 4.69) is 26.0 Å². The molecular formula is C36H54O9. The average Bonchev–Trinajstić information content (AvgIpc) is 3.60. The third kappa shape index (κ3) is 7.04. The second kappa shape index (κ2) is 14.9. The zero-order valence-electron chi connectivity index (χ0n) is 28.1. The summed E-state index contributed by atoms with van der Waals surface area (Å²) in [6.07, 6.45) is 9.88. The summed E-state index contributed by atoms with van der Waals surface area (Å²) in [5.74, 6) is -0.431. The third-order valence-electron chi connectivity index (χ3n) is 11.2. The van der Waals surface area contributed by atoms with Gasteiger partial charge in [-0.2, -0.15) is 0 Å². The van der Waals surface area contributed by atoms with Gasteiger partial charge in [0, 0.05) is 33.2 Å². The van der Waals surface area contributed by atoms with E-state index in [1.165, 1.54) is 5.57 Å². The molecule has 9 nitrogen and oxygen atoms in total. The van der Waals surface area contributed by atoms with Crippen molar-refractivity contribution in [2.45, 2.75) is 122 Å². The van der Waals surface area contributed by atoms with Gasteiger partial charge in [-0.15, -0.1) is 0 Å². The molecule has 5 aliphatic rings. The number of rotatable bonds is 7. The van der Waals surface area contributed by atoms with Crippen LogP contribution in [0.3, 0.4) is 0 Å². The summed E-state index contributed by atoms with van der Waals surface area (Å²) >= 11 is 0. The smallest absolute Gasteiger partial charge is 0.307 e. The van der Waals surface area contributed by atoms with Gasteiger partial charge in [0.25, 0.3) is 0 Å². The highest BCUT2D eigenvalue weighted by Gasteiger charge is 2.53. The van der Waals surface area contributed by atoms with E-state index in [0.717, 1.165) is 19.3 Å². The molecule has 2 saturated heterocycles. The van der Waals surface area contributed by atoms with Crippen molar-refractivity contribution in [1.29, 1.82) is 0 Å². The van der Waals surface area contributed by atoms with Crippen LogP contribution in [0.1, 0.15) is 72.6 Å². The maximum atomic E-state index is 13.9. The number of aliphatic hydroxyl groups excluding tert-OH is 1. The first kappa shape index (κ1) is 34.5. The van der Waals surface area contributed by atoms with Crippen LogP contribution in [-0.4, -0.2) is 87.2 Å². The molecule has 0 radical (unpaired) electrons. The van der Waals surface area contributed by atoms with Gasteiger partial charge in [-0.25, -0.2) is 0 Å². The Morgan fingerprint density at radius 2 is 1.69 bits per heavy atom. The zero-order valence-corrected chi connectivity index (χ0v) is 28.1. The van der Waals surface area contributed by atoms with Gasteiger partial charge in [-0.3, -0.25) is 9.59 Å². The number of hydrogen-bond acceptors (Lipinski definition) is 9. The van der Waals surface area contributed by atoms with E-state index >= 15 is 0 Å². The number of carbonyl (C=O) groups is 2. The summed E-state index contributed by atoms with van der Waals surface area (Å²) in [4.78, 5) is 27.3. The maximum Gasteiger partial charge on any atom is 0.307 e. The quantitative estimate of drug-likeness (QED) is 0.309. The number of methoxy groups -OCH3 is 3. The minimum absolute atomic E-state index is 0.0198. The van der Waals surface area contributed by atoms with Gasteiger partial charge in [-0.1, -0.05) is 37.6 Å². The van der Waals surface area contributed by atoms with Gasteiger partial charge in [0.05, 0.1) is 24.7 Å². The Morgan fingerprint density at radius 1 is 0.956 bits per heavy atom. The number of ether oxygens (including phenoxy) is 6. The molecule has 0 aromatic heterocycles. The first-order chi connectivity index (χ1) is 21.6. The number of Topliss-reactive ketones (excluding diaryl/α,β-unsaturated/α-hetero) is 1. The van der Waals surface area contributed by atoms with Gasteiger partial charge < -0.3 is 33.5 Å². The van der Waals surface area contributed by atoms with Gasteiger partial charge in [0.15, 0.2) is 12.1 Å². The largest absolute Gasteiger partial charge is 0.458 e. The van der Waals surface area contributed by atoms with Crippen LogP contribution in [0.2, 0.25) is 0 Å². The number of ketones is 1. The average molecular weight is 631 g/mol. The molecule has 3 fully saturated rings. The lowest BCUT2D eigenvalue weighted by Gasteiger charge is -2.44. The van der Waals surface area contributed by atoms with Crippen molar-refractivity contribution in [3.05, 3.63) is 35.5 Å². The Hall–Kier alpha value is -1.88. The lowest BCUT2D eigenvalue weighted by atomic mass is 9.67. The molecule has 0 bridgehead atoms. The molecule has 2 heterocycles. The first-order valence-corrected chi connectivity index (χ1v) is 17.0. The highest BCUT2D eigenvalue weighted by atomic mass is 16.7. The fourth-order valence-electron chi connectivity index (χ4n) is 8.78. The summed E-state index contributed by atoms with van der Waals surface area (Å²) in [5.41, 5.74) is 1.96. The van der Waals surface area contributed by atoms with E-state index in [4.69, 9.17) is 28.4 Å². The number of allylic oxidation sites excluding steroid dienone is 5. The Labute approximate surface area is 268 Å². The van der Waals surface area contributed by atoms with E-state index in [-0.39, 0.29) is 72.4 Å². The van der Waals surface area contributed by atoms with E-state index in [9.17, 15) is 14.7 Å². The van der Waals surface area contributed by atoms with Crippen molar-refractivity contribution in [1.82, 2.24) is 0 Å². The molecule has 1 saturated carbocycles. The molecule has 9 heteroatoms. The molecule has 252 valence electrons. The normalized spacial score (nSPS) is 44.3. The Balaban J connectivity index is 1.37. The van der Waals surface area contributed by atoms with Crippen molar-refractivity contribution in [3.63, 3.8) is 0 Å². The van der Waals surface area contributed by atoms with E-state index < -0.39 is 24.4 Å². The molecular weight excluding hydrogens is 576 g/mol. The minimum Gasteiger partial charge on any atom is -0.458 e. The van der Waals surface area contributed by atoms with Gasteiger partial charge in [-0.05, 0) is 87.7 Å². The van der Waals surface area contributed by atoms with Crippen molar-refractivity contribution in [2.24, 2.45) is 35.5 Å². The molecule has 14 unspecified atom stereocenters. The summed E-state index contributed by atoms with van der Waals surface area (Å²) in [5, 5.41) is 11.0. The molecule has 45 heavy (non-hydrogen) atoms. The van der Waals surface area contributed by atoms with Crippen LogP contribution < -0.4 is 0 Å². The molecule has 14 atom stereocenters. The summed E-state index contributed by atoms with van der Waals surface area (Å²) in [6.45, 7) is 8.01. The molecule has 0 spiro atoms. The predicted octanol–water partition coefficient (Wildman–Crippen LogP) is 4.95. The van der Waals surface area contributed by atoms with Crippen LogP contribution >= 0.6 is 0 Å². The third-order valence-corrected chi connectivity index (χ3v) is 11.2. The second-order valence-corrected chi connectivity index (χ2v) is 13.8. The molecule has 1 N–H and O–H groups in total. The number of hydrogen-bond donors (Lipinski definition) is 1. The summed E-state index contributed by atoms with van der Waals surface area (Å²) < 4.78 is 36.2. The summed E-state index contributed by atoms with van der Waals surface area (Å²) in [7, 11) is 4.94. The van der Waals surface area contributed by atoms with Crippen LogP contribution in [0, 0.1) is 35.5 Å². The standard InChI is InChI=1S/C36H54O9/c1-8-9-11-22-12-10-13-30(37)20(3)32(39)29-17-27-25(28(29)18-31(38)44-22)14-19(2)24-15-23(16-26(24)27)45-36-35(42-7)34(41-6)33(40-5)21(4)43-36/h9,11,14,17,20-28,30,33-37H,8,10,12-13,15-16,18H2,1-7H3. The molecule has 0 amide bonds. The number of esters is 1. The minimum atomic E-state index is -0.734. The van der Waals surface area contributed by atoms with E-state index in [1.807, 2.05) is 26.0 Å². The zero-order chi connectivity index (χ0) is 32.4. The molecule has 2 aliphatic heterocycles. The Morgan fingerprint density at radius 3 is 2.38 bits per heavy atom. The fraction of sp³-hybridized carbons (Fsp3) is 0.778. The molecule has 0 aromatic rings. The van der Waals surface area contributed by atoms with Gasteiger partial charge in [0.2, 0.25) is 0 Å². The van der Waals surface area contributed by atoms with Crippen LogP contribution in [0.4, 0.5) is 0 Å². The highest BCUT2D eigenvalue weighted by molar-refractivity contribution is 5.99. The van der Waals surface area contributed by atoms with Gasteiger partial charge in [0.1, 0.15) is 24.4 Å². The Kier molecular flexibility index (Phi) is 11.4. The second-order valence-electron chi connectivity index (χ2n) is 13.8. The Bertz CT molecular complexity index is 1150. The lowest BCUT2D eigenvalue weighted by Crippen LogP contribution is -2.59. The number of carbonyl (C=O) groups excluding carboxylic acids is 2. The van der Waals surface area contributed by atoms with Crippen molar-refractivity contribution < 1.29 is 43.1 Å². The maximum absolute atomic E-state index is 13.9. The highest BCUT2D eigenvalue weighted by Crippen LogP contribution is 2.56. The fourth-order valence-corrected chi connectivity index (χ4v) is 8.78. The number of aliphatic hydroxyl groups is 1. The number of cyclic esters (lactones) is 1. The van der Waals surface area contributed by atoms with Crippen LogP contribution in [0.25, 0.3) is 0 Å². The number of fused-ring (bicyclic) bond motifs is 5. The van der Waals surface area contributed by atoms with Gasteiger partial charge >= 0.3 is 5.97 Å². The lowest BCUT2D eigenvalue weighted by molar-refractivity contribution is -0.314.